The van der Waals surface area contributed by atoms with Gasteiger partial charge < -0.3 is 4.57 Å². The molecule has 0 spiro atoms. The first-order valence-corrected chi connectivity index (χ1v) is 8.95. The van der Waals surface area contributed by atoms with E-state index in [1.165, 1.54) is 27.4 Å². The van der Waals surface area contributed by atoms with Gasteiger partial charge in [0.15, 0.2) is 0 Å². The predicted molar refractivity (Wildman–Crippen MR) is 100 cm³/mol. The van der Waals surface area contributed by atoms with Crippen molar-refractivity contribution in [3.63, 3.8) is 0 Å². The van der Waals surface area contributed by atoms with E-state index in [9.17, 15) is 4.79 Å². The molecule has 0 amide bonds. The molecule has 1 aliphatic rings. The Labute approximate surface area is 143 Å². The highest BCUT2D eigenvalue weighted by atomic mass is 16.1. The van der Waals surface area contributed by atoms with Gasteiger partial charge in [0, 0.05) is 33.8 Å². The molecule has 0 aliphatic heterocycles. The summed E-state index contributed by atoms with van der Waals surface area (Å²) in [5.74, 6) is 0.383. The van der Waals surface area contributed by atoms with E-state index in [4.69, 9.17) is 0 Å². The normalized spacial score (nSPS) is 23.4. The van der Waals surface area contributed by atoms with Crippen LogP contribution in [0, 0.1) is 5.41 Å². The number of carbonyl (C=O) groups is 1. The number of rotatable bonds is 2. The Balaban J connectivity index is 1.97. The third kappa shape index (κ3) is 1.92. The summed E-state index contributed by atoms with van der Waals surface area (Å²) >= 11 is 0. The molecular weight excluding hydrogens is 294 g/mol. The number of aryl methyl sites for hydroxylation is 1. The lowest BCUT2D eigenvalue weighted by molar-refractivity contribution is -0.128. The Morgan fingerprint density at radius 2 is 1.67 bits per heavy atom. The van der Waals surface area contributed by atoms with E-state index in [2.05, 4.69) is 74.7 Å². The highest BCUT2D eigenvalue weighted by Gasteiger charge is 2.49. The summed E-state index contributed by atoms with van der Waals surface area (Å²) in [7, 11) is 0. The number of carbonyl (C=O) groups excluding carboxylic acids is 1. The van der Waals surface area contributed by atoms with Crippen LogP contribution in [0.5, 0.6) is 0 Å². The second-order valence-corrected chi connectivity index (χ2v) is 8.04. The summed E-state index contributed by atoms with van der Waals surface area (Å²) in [6.07, 6.45) is 1.91. The van der Waals surface area contributed by atoms with E-state index < -0.39 is 0 Å². The lowest BCUT2D eigenvalue weighted by Gasteiger charge is -2.26. The number of benzene rings is 2. The van der Waals surface area contributed by atoms with Crippen molar-refractivity contribution < 1.29 is 4.79 Å². The summed E-state index contributed by atoms with van der Waals surface area (Å²) in [4.78, 5) is 13.0. The molecule has 0 bridgehead atoms. The molecule has 0 N–H and O–H groups in total. The molecule has 1 aromatic heterocycles. The summed E-state index contributed by atoms with van der Waals surface area (Å²) in [6.45, 7) is 9.42. The molecule has 2 nitrogen and oxygen atoms in total. The first-order chi connectivity index (χ1) is 11.4. The van der Waals surface area contributed by atoms with Crippen LogP contribution in [0.3, 0.4) is 0 Å². The monoisotopic (exact) mass is 319 g/mol. The topological polar surface area (TPSA) is 22.0 Å². The Morgan fingerprint density at radius 3 is 2.33 bits per heavy atom. The van der Waals surface area contributed by atoms with Crippen LogP contribution in [0.1, 0.15) is 46.1 Å². The van der Waals surface area contributed by atoms with E-state index >= 15 is 0 Å². The average molecular weight is 319 g/mol. The number of para-hydroxylation sites is 1. The Bertz CT molecular complexity index is 963. The van der Waals surface area contributed by atoms with E-state index in [-0.39, 0.29) is 10.8 Å². The van der Waals surface area contributed by atoms with Gasteiger partial charge in [0.2, 0.25) is 0 Å². The van der Waals surface area contributed by atoms with Crippen molar-refractivity contribution in [2.45, 2.75) is 52.5 Å². The van der Waals surface area contributed by atoms with Gasteiger partial charge in [-0.3, -0.25) is 4.79 Å². The zero-order chi connectivity index (χ0) is 17.1. The molecule has 24 heavy (non-hydrogen) atoms. The zero-order valence-electron chi connectivity index (χ0n) is 15.0. The maximum atomic E-state index is 13.0. The molecule has 4 rings (SSSR count). The van der Waals surface area contributed by atoms with Crippen LogP contribution in [0.2, 0.25) is 0 Å². The number of fused-ring (bicyclic) bond motifs is 3. The number of aromatic nitrogens is 1. The van der Waals surface area contributed by atoms with Gasteiger partial charge in [0.25, 0.3) is 0 Å². The molecule has 2 aromatic carbocycles. The highest BCUT2D eigenvalue weighted by molar-refractivity contribution is 6.08. The van der Waals surface area contributed by atoms with Gasteiger partial charge in [0.05, 0.1) is 5.41 Å². The maximum Gasteiger partial charge on any atom is 0.148 e. The first-order valence-electron chi connectivity index (χ1n) is 8.95. The van der Waals surface area contributed by atoms with Gasteiger partial charge in [-0.15, -0.1) is 0 Å². The minimum absolute atomic E-state index is 0.207. The molecule has 2 heteroatoms. The van der Waals surface area contributed by atoms with E-state index in [0.29, 0.717) is 5.78 Å². The number of Topliss-reactive ketones (excluding diaryl/α,β-unsaturated/α-hetero) is 1. The molecule has 124 valence electrons. The molecule has 1 unspecified atom stereocenters. The SMILES string of the molecule is CCn1c2ccccc2c2ccc(C3(C)CCC(C)(C)C3=O)cc21. The average Bonchev–Trinajstić information content (AvgIpc) is 3.02. The number of ketones is 1. The maximum absolute atomic E-state index is 13.0. The van der Waals surface area contributed by atoms with Gasteiger partial charge in [-0.1, -0.05) is 44.2 Å². The van der Waals surface area contributed by atoms with E-state index in [1.807, 2.05) is 0 Å². The molecule has 1 saturated carbocycles. The van der Waals surface area contributed by atoms with E-state index in [1.54, 1.807) is 0 Å². The van der Waals surface area contributed by atoms with Gasteiger partial charge in [0.1, 0.15) is 5.78 Å². The fraction of sp³-hybridized carbons (Fsp3) is 0.409. The predicted octanol–water partition coefficient (Wildman–Crippen LogP) is 5.46. The number of nitrogens with zero attached hydrogens (tertiary/aromatic N) is 1. The van der Waals surface area contributed by atoms with Gasteiger partial charge >= 0.3 is 0 Å². The van der Waals surface area contributed by atoms with Gasteiger partial charge in [-0.05, 0) is 44.4 Å². The van der Waals surface area contributed by atoms with Crippen LogP contribution >= 0.6 is 0 Å². The quantitative estimate of drug-likeness (QED) is 0.614. The minimum atomic E-state index is -0.354. The zero-order valence-corrected chi connectivity index (χ0v) is 15.0. The van der Waals surface area contributed by atoms with Crippen molar-refractivity contribution in [1.29, 1.82) is 0 Å². The standard InChI is InChI=1S/C22H25NO/c1-5-23-18-9-7-6-8-16(18)17-11-10-15(14-19(17)23)22(4)13-12-21(2,3)20(22)24/h6-11,14H,5,12-13H2,1-4H3. The smallest absolute Gasteiger partial charge is 0.148 e. The van der Waals surface area contributed by atoms with Crippen LogP contribution in [-0.2, 0) is 16.8 Å². The minimum Gasteiger partial charge on any atom is -0.341 e. The van der Waals surface area contributed by atoms with Gasteiger partial charge in [-0.2, -0.15) is 0 Å². The van der Waals surface area contributed by atoms with Crippen molar-refractivity contribution in [2.24, 2.45) is 5.41 Å². The molecule has 1 fully saturated rings. The Kier molecular flexibility index (Phi) is 3.19. The third-order valence-electron chi connectivity index (χ3n) is 6.09. The van der Waals surface area contributed by atoms with Crippen LogP contribution in [0.15, 0.2) is 42.5 Å². The lowest BCUT2D eigenvalue weighted by Crippen LogP contribution is -2.33. The van der Waals surface area contributed by atoms with Crippen molar-refractivity contribution in [1.82, 2.24) is 4.57 Å². The van der Waals surface area contributed by atoms with Crippen molar-refractivity contribution in [3.8, 4) is 0 Å². The van der Waals surface area contributed by atoms with Crippen LogP contribution in [-0.4, -0.2) is 10.4 Å². The highest BCUT2D eigenvalue weighted by Crippen LogP contribution is 2.48. The number of hydrogen-bond donors (Lipinski definition) is 0. The summed E-state index contributed by atoms with van der Waals surface area (Å²) < 4.78 is 2.36. The molecule has 1 aliphatic carbocycles. The van der Waals surface area contributed by atoms with Gasteiger partial charge in [-0.25, -0.2) is 0 Å². The summed E-state index contributed by atoms with van der Waals surface area (Å²) in [6, 6.07) is 15.2. The largest absolute Gasteiger partial charge is 0.341 e. The molecule has 3 aromatic rings. The third-order valence-corrected chi connectivity index (χ3v) is 6.09. The summed E-state index contributed by atoms with van der Waals surface area (Å²) in [5.41, 5.74) is 3.13. The van der Waals surface area contributed by atoms with E-state index in [0.717, 1.165) is 19.4 Å². The van der Waals surface area contributed by atoms with Crippen LogP contribution in [0.4, 0.5) is 0 Å². The van der Waals surface area contributed by atoms with Crippen molar-refractivity contribution in [2.75, 3.05) is 0 Å². The van der Waals surface area contributed by atoms with Crippen LogP contribution < -0.4 is 0 Å². The lowest BCUT2D eigenvalue weighted by atomic mass is 9.76. The first kappa shape index (κ1) is 15.4. The fourth-order valence-corrected chi connectivity index (χ4v) is 4.55. The van der Waals surface area contributed by atoms with Crippen LogP contribution in [0.25, 0.3) is 21.8 Å². The molecule has 0 radical (unpaired) electrons. The Morgan fingerprint density at radius 1 is 0.958 bits per heavy atom. The second kappa shape index (κ2) is 4.95. The molecule has 1 heterocycles. The van der Waals surface area contributed by atoms with Crippen molar-refractivity contribution in [3.05, 3.63) is 48.0 Å². The fourth-order valence-electron chi connectivity index (χ4n) is 4.55. The Hall–Kier alpha value is -2.09. The second-order valence-electron chi connectivity index (χ2n) is 8.04. The van der Waals surface area contributed by atoms with Crippen molar-refractivity contribution >= 4 is 27.6 Å². The summed E-state index contributed by atoms with van der Waals surface area (Å²) in [5, 5.41) is 2.58. The number of hydrogen-bond acceptors (Lipinski definition) is 1. The molecule has 1 atom stereocenters. The molecule has 0 saturated heterocycles. The molecular formula is C22H25NO.